The molecule has 0 aliphatic carbocycles. The first-order valence-electron chi connectivity index (χ1n) is 10.5. The summed E-state index contributed by atoms with van der Waals surface area (Å²) in [5.74, 6) is 1.36. The van der Waals surface area contributed by atoms with E-state index in [2.05, 4.69) is 28.1 Å². The van der Waals surface area contributed by atoms with Crippen molar-refractivity contribution < 1.29 is 13.2 Å². The Morgan fingerprint density at radius 3 is 2.61 bits per heavy atom. The number of fused-ring (bicyclic) bond motifs is 1. The largest absolute Gasteiger partial charge is 0.368 e. The van der Waals surface area contributed by atoms with Gasteiger partial charge in [0, 0.05) is 30.6 Å². The summed E-state index contributed by atoms with van der Waals surface area (Å²) in [6.45, 7) is 2.56. The molecule has 0 bridgehead atoms. The number of hydrogen-bond acceptors (Lipinski definition) is 8. The molecule has 33 heavy (non-hydrogen) atoms. The lowest BCUT2D eigenvalue weighted by atomic mass is 10.1. The number of nitrogens with two attached hydrogens (primary N) is 1. The molecule has 0 spiro atoms. The summed E-state index contributed by atoms with van der Waals surface area (Å²) in [5.41, 5.74) is 3.07. The van der Waals surface area contributed by atoms with Crippen LogP contribution < -0.4 is 15.8 Å². The second-order valence-electron chi connectivity index (χ2n) is 7.73. The average molecular weight is 482 g/mol. The third kappa shape index (κ3) is 4.75. The van der Waals surface area contributed by atoms with Gasteiger partial charge in [0.2, 0.25) is 10.0 Å². The number of thiophene rings is 1. The molecule has 3 heterocycles. The molecule has 2 aromatic carbocycles. The smallest absolute Gasteiger partial charge is 0.238 e. The maximum absolute atomic E-state index is 11.5. The number of nitrogens with zero attached hydrogens (tertiary/aromatic N) is 2. The number of hydrogen-bond donors (Lipinski definition) is 3. The van der Waals surface area contributed by atoms with Crippen LogP contribution in [0.2, 0.25) is 0 Å². The van der Waals surface area contributed by atoms with Crippen LogP contribution in [0.5, 0.6) is 0 Å². The molecule has 2 aromatic heterocycles. The number of nitrogens with one attached hydrogen (secondary N) is 2. The van der Waals surface area contributed by atoms with Crippen molar-refractivity contribution in [3.8, 4) is 11.1 Å². The van der Waals surface area contributed by atoms with Crippen molar-refractivity contribution in [3.05, 3.63) is 71.4 Å². The number of primary sulfonamides is 1. The van der Waals surface area contributed by atoms with Crippen molar-refractivity contribution >= 4 is 37.4 Å². The number of sulfonamides is 1. The van der Waals surface area contributed by atoms with Gasteiger partial charge in [0.1, 0.15) is 16.8 Å². The van der Waals surface area contributed by atoms with E-state index < -0.39 is 10.0 Å². The Bertz CT molecular complexity index is 1370. The van der Waals surface area contributed by atoms with Crippen molar-refractivity contribution in [2.45, 2.75) is 17.5 Å². The third-order valence-electron chi connectivity index (χ3n) is 5.46. The lowest BCUT2D eigenvalue weighted by molar-refractivity contribution is 0.0224. The highest BCUT2D eigenvalue weighted by Crippen LogP contribution is 2.38. The third-order valence-corrected chi connectivity index (χ3v) is 7.26. The zero-order valence-corrected chi connectivity index (χ0v) is 19.3. The monoisotopic (exact) mass is 481 g/mol. The van der Waals surface area contributed by atoms with Gasteiger partial charge in [0.15, 0.2) is 5.82 Å². The Hall–Kier alpha value is -2.89. The van der Waals surface area contributed by atoms with E-state index >= 15 is 0 Å². The average Bonchev–Trinajstić information content (AvgIpc) is 3.28. The van der Waals surface area contributed by atoms with Crippen molar-refractivity contribution in [2.24, 2.45) is 5.14 Å². The highest BCUT2D eigenvalue weighted by molar-refractivity contribution is 7.89. The molecule has 1 saturated heterocycles. The standard InChI is InChI=1S/C23H23N5O3S2/c24-33(29,30)17-8-6-15(7-9-17)12-26-22-20-18(16-4-2-1-3-5-16)14-32-23(20)28-21(27-22)19-13-25-10-11-31-19/h1-9,14,19,25H,10-13H2,(H2,24,29,30)(H,26,27,28). The van der Waals surface area contributed by atoms with E-state index in [1.54, 1.807) is 23.5 Å². The SMILES string of the molecule is NS(=O)(=O)c1ccc(CNc2nc(C3CNCCO3)nc3scc(-c4ccccc4)c23)cc1. The zero-order chi connectivity index (χ0) is 22.8. The fraction of sp³-hybridized carbons (Fsp3) is 0.217. The maximum atomic E-state index is 11.5. The first-order chi connectivity index (χ1) is 16.0. The van der Waals surface area contributed by atoms with Gasteiger partial charge in [-0.3, -0.25) is 0 Å². The summed E-state index contributed by atoms with van der Waals surface area (Å²) in [4.78, 5) is 10.7. The highest BCUT2D eigenvalue weighted by atomic mass is 32.2. The van der Waals surface area contributed by atoms with Gasteiger partial charge in [-0.1, -0.05) is 42.5 Å². The van der Waals surface area contributed by atoms with Crippen molar-refractivity contribution in [1.29, 1.82) is 0 Å². The summed E-state index contributed by atoms with van der Waals surface area (Å²) in [6, 6.07) is 16.6. The Morgan fingerprint density at radius 2 is 1.91 bits per heavy atom. The van der Waals surface area contributed by atoms with Gasteiger partial charge in [-0.05, 0) is 23.3 Å². The fourth-order valence-electron chi connectivity index (χ4n) is 3.77. The number of morpholine rings is 1. The maximum Gasteiger partial charge on any atom is 0.238 e. The van der Waals surface area contributed by atoms with E-state index in [1.165, 1.54) is 12.1 Å². The molecule has 0 radical (unpaired) electrons. The molecule has 170 valence electrons. The molecule has 1 aliphatic rings. The predicted molar refractivity (Wildman–Crippen MR) is 130 cm³/mol. The zero-order valence-electron chi connectivity index (χ0n) is 17.7. The topological polar surface area (TPSA) is 119 Å². The van der Waals surface area contributed by atoms with E-state index in [0.29, 0.717) is 25.5 Å². The summed E-state index contributed by atoms with van der Waals surface area (Å²) >= 11 is 1.58. The molecule has 1 atom stereocenters. The molecule has 1 aliphatic heterocycles. The van der Waals surface area contributed by atoms with Gasteiger partial charge in [-0.25, -0.2) is 23.5 Å². The first-order valence-corrected chi connectivity index (χ1v) is 12.9. The van der Waals surface area contributed by atoms with Crippen LogP contribution in [0.1, 0.15) is 17.5 Å². The Balaban J connectivity index is 1.52. The number of rotatable bonds is 6. The van der Waals surface area contributed by atoms with Gasteiger partial charge in [0.25, 0.3) is 0 Å². The van der Waals surface area contributed by atoms with Gasteiger partial charge in [0.05, 0.1) is 16.9 Å². The molecule has 4 aromatic rings. The van der Waals surface area contributed by atoms with E-state index in [1.807, 2.05) is 18.2 Å². The molecule has 4 N–H and O–H groups in total. The first kappa shape index (κ1) is 21.9. The van der Waals surface area contributed by atoms with Crippen LogP contribution in [0.25, 0.3) is 21.3 Å². The Labute approximate surface area is 195 Å². The summed E-state index contributed by atoms with van der Waals surface area (Å²) in [7, 11) is -3.72. The van der Waals surface area contributed by atoms with Crippen LogP contribution in [0.3, 0.4) is 0 Å². The molecule has 0 amide bonds. The van der Waals surface area contributed by atoms with Gasteiger partial charge in [-0.2, -0.15) is 0 Å². The van der Waals surface area contributed by atoms with Gasteiger partial charge < -0.3 is 15.4 Å². The summed E-state index contributed by atoms with van der Waals surface area (Å²) in [5, 5.41) is 15.0. The molecule has 1 fully saturated rings. The van der Waals surface area contributed by atoms with Gasteiger partial charge >= 0.3 is 0 Å². The van der Waals surface area contributed by atoms with Crippen molar-refractivity contribution in [2.75, 3.05) is 25.0 Å². The van der Waals surface area contributed by atoms with E-state index in [0.717, 1.165) is 39.3 Å². The van der Waals surface area contributed by atoms with E-state index in [4.69, 9.17) is 19.8 Å². The minimum atomic E-state index is -3.72. The number of benzene rings is 2. The van der Waals surface area contributed by atoms with Crippen LogP contribution in [-0.2, 0) is 21.3 Å². The molecule has 0 saturated carbocycles. The molecule has 5 rings (SSSR count). The predicted octanol–water partition coefficient (Wildman–Crippen LogP) is 3.28. The quantitative estimate of drug-likeness (QED) is 0.387. The number of aromatic nitrogens is 2. The minimum Gasteiger partial charge on any atom is -0.368 e. The second-order valence-corrected chi connectivity index (χ2v) is 10.2. The normalized spacial score (nSPS) is 16.7. The summed E-state index contributed by atoms with van der Waals surface area (Å²) < 4.78 is 28.9. The fourth-order valence-corrected chi connectivity index (χ4v) is 5.24. The number of ether oxygens (including phenoxy) is 1. The molecular formula is C23H23N5O3S2. The molecule has 10 heteroatoms. The Kier molecular flexibility index (Phi) is 6.09. The molecule has 8 nitrogen and oxygen atoms in total. The Morgan fingerprint density at radius 1 is 1.12 bits per heavy atom. The lowest BCUT2D eigenvalue weighted by Gasteiger charge is -2.23. The minimum absolute atomic E-state index is 0.0871. The van der Waals surface area contributed by atoms with Crippen LogP contribution in [0.15, 0.2) is 64.9 Å². The van der Waals surface area contributed by atoms with Crippen LogP contribution in [0.4, 0.5) is 5.82 Å². The molecular weight excluding hydrogens is 458 g/mol. The highest BCUT2D eigenvalue weighted by Gasteiger charge is 2.22. The van der Waals surface area contributed by atoms with Crippen LogP contribution >= 0.6 is 11.3 Å². The van der Waals surface area contributed by atoms with Gasteiger partial charge in [-0.15, -0.1) is 11.3 Å². The van der Waals surface area contributed by atoms with E-state index in [-0.39, 0.29) is 11.0 Å². The van der Waals surface area contributed by atoms with Crippen LogP contribution in [0, 0.1) is 0 Å². The van der Waals surface area contributed by atoms with Crippen LogP contribution in [-0.4, -0.2) is 38.1 Å². The molecule has 1 unspecified atom stereocenters. The van der Waals surface area contributed by atoms with Crippen molar-refractivity contribution in [3.63, 3.8) is 0 Å². The van der Waals surface area contributed by atoms with Crippen molar-refractivity contribution in [1.82, 2.24) is 15.3 Å². The summed E-state index contributed by atoms with van der Waals surface area (Å²) in [6.07, 6.45) is -0.208. The lowest BCUT2D eigenvalue weighted by Crippen LogP contribution is -2.34. The van der Waals surface area contributed by atoms with E-state index in [9.17, 15) is 8.42 Å². The second kappa shape index (κ2) is 9.16. The number of anilines is 1.